The van der Waals surface area contributed by atoms with Crippen LogP contribution in [0.3, 0.4) is 0 Å². The van der Waals surface area contributed by atoms with Crippen LogP contribution in [0.1, 0.15) is 50.0 Å². The Balaban J connectivity index is 2.68. The molecule has 0 spiro atoms. The zero-order chi connectivity index (χ0) is 12.0. The lowest BCUT2D eigenvalue weighted by Crippen LogP contribution is -2.12. The molecule has 1 rings (SSSR count). The Hall–Kier alpha value is -0.980. The van der Waals surface area contributed by atoms with Crippen molar-refractivity contribution < 1.29 is 14.4 Å². The van der Waals surface area contributed by atoms with Crippen LogP contribution < -0.4 is 5.73 Å². The third-order valence-electron chi connectivity index (χ3n) is 2.34. The van der Waals surface area contributed by atoms with Crippen molar-refractivity contribution in [3.8, 4) is 0 Å². The van der Waals surface area contributed by atoms with Crippen molar-refractivity contribution in [2.45, 2.75) is 38.3 Å². The number of hydrogen-bond donors (Lipinski definition) is 2. The number of aromatic nitrogens is 2. The standard InChI is InChI=1S/C10H19N3O3/c1-3-4-8(15-2)9-12-10(16-13-9)7(11)5-6-14/h7-8,14H,3-6,11H2,1-2H3. The number of aliphatic hydroxyl groups excluding tert-OH is 1. The van der Waals surface area contributed by atoms with Crippen molar-refractivity contribution in [2.75, 3.05) is 13.7 Å². The molecule has 0 aliphatic carbocycles. The molecule has 1 aromatic rings. The molecule has 16 heavy (non-hydrogen) atoms. The van der Waals surface area contributed by atoms with Gasteiger partial charge in [0, 0.05) is 13.7 Å². The Morgan fingerprint density at radius 1 is 1.50 bits per heavy atom. The molecule has 1 aromatic heterocycles. The highest BCUT2D eigenvalue weighted by molar-refractivity contribution is 4.95. The molecule has 92 valence electrons. The van der Waals surface area contributed by atoms with Crippen LogP contribution in [0.2, 0.25) is 0 Å². The van der Waals surface area contributed by atoms with E-state index in [1.165, 1.54) is 0 Å². The molecule has 0 saturated carbocycles. The molecule has 0 aliphatic rings. The fraction of sp³-hybridized carbons (Fsp3) is 0.800. The number of hydrogen-bond acceptors (Lipinski definition) is 6. The monoisotopic (exact) mass is 229 g/mol. The number of aliphatic hydroxyl groups is 1. The number of nitrogens with zero attached hydrogens (tertiary/aromatic N) is 2. The minimum absolute atomic E-state index is 0.00153. The van der Waals surface area contributed by atoms with Gasteiger partial charge in [-0.3, -0.25) is 0 Å². The summed E-state index contributed by atoms with van der Waals surface area (Å²) in [5.74, 6) is 0.870. The van der Waals surface area contributed by atoms with Gasteiger partial charge in [-0.15, -0.1) is 0 Å². The first kappa shape index (κ1) is 13.1. The van der Waals surface area contributed by atoms with Crippen LogP contribution in [0.15, 0.2) is 4.52 Å². The number of ether oxygens (including phenoxy) is 1. The van der Waals surface area contributed by atoms with E-state index in [-0.39, 0.29) is 12.7 Å². The number of methoxy groups -OCH3 is 1. The van der Waals surface area contributed by atoms with Gasteiger partial charge in [0.1, 0.15) is 6.10 Å². The van der Waals surface area contributed by atoms with Gasteiger partial charge in [0.15, 0.2) is 0 Å². The molecule has 0 fully saturated rings. The molecule has 1 heterocycles. The van der Waals surface area contributed by atoms with E-state index in [1.807, 2.05) is 0 Å². The Morgan fingerprint density at radius 3 is 2.81 bits per heavy atom. The molecule has 0 aromatic carbocycles. The Bertz CT molecular complexity index is 303. The summed E-state index contributed by atoms with van der Waals surface area (Å²) in [5.41, 5.74) is 5.74. The van der Waals surface area contributed by atoms with Gasteiger partial charge in [-0.25, -0.2) is 0 Å². The maximum absolute atomic E-state index is 8.75. The highest BCUT2D eigenvalue weighted by atomic mass is 16.5. The lowest BCUT2D eigenvalue weighted by atomic mass is 10.2. The van der Waals surface area contributed by atoms with E-state index in [9.17, 15) is 0 Å². The molecule has 2 unspecified atom stereocenters. The van der Waals surface area contributed by atoms with Gasteiger partial charge in [-0.2, -0.15) is 4.98 Å². The highest BCUT2D eigenvalue weighted by Gasteiger charge is 2.19. The summed E-state index contributed by atoms with van der Waals surface area (Å²) in [6.45, 7) is 2.06. The van der Waals surface area contributed by atoms with E-state index in [0.717, 1.165) is 12.8 Å². The van der Waals surface area contributed by atoms with Crippen LogP contribution in [-0.4, -0.2) is 29.0 Å². The van der Waals surface area contributed by atoms with E-state index < -0.39 is 6.04 Å². The summed E-state index contributed by atoms with van der Waals surface area (Å²) in [4.78, 5) is 4.18. The van der Waals surface area contributed by atoms with Gasteiger partial charge in [-0.1, -0.05) is 18.5 Å². The summed E-state index contributed by atoms with van der Waals surface area (Å²) in [6, 6.07) is -0.412. The molecule has 0 amide bonds. The van der Waals surface area contributed by atoms with Crippen LogP contribution in [-0.2, 0) is 4.74 Å². The predicted octanol–water partition coefficient (Wildman–Crippen LogP) is 0.939. The summed E-state index contributed by atoms with van der Waals surface area (Å²) >= 11 is 0. The van der Waals surface area contributed by atoms with Crippen molar-refractivity contribution in [1.29, 1.82) is 0 Å². The van der Waals surface area contributed by atoms with Crippen LogP contribution in [0.25, 0.3) is 0 Å². The second-order valence-corrected chi connectivity index (χ2v) is 3.62. The van der Waals surface area contributed by atoms with Crippen molar-refractivity contribution in [1.82, 2.24) is 10.1 Å². The summed E-state index contributed by atoms with van der Waals surface area (Å²) in [7, 11) is 1.62. The number of nitrogens with two attached hydrogens (primary N) is 1. The maximum Gasteiger partial charge on any atom is 0.243 e. The Kier molecular flexibility index (Phi) is 5.37. The topological polar surface area (TPSA) is 94.4 Å². The molecule has 0 radical (unpaired) electrons. The Labute approximate surface area is 94.8 Å². The fourth-order valence-corrected chi connectivity index (χ4v) is 1.41. The zero-order valence-electron chi connectivity index (χ0n) is 9.72. The van der Waals surface area contributed by atoms with Gasteiger partial charge in [0.25, 0.3) is 0 Å². The van der Waals surface area contributed by atoms with Crippen molar-refractivity contribution in [3.63, 3.8) is 0 Å². The van der Waals surface area contributed by atoms with Crippen LogP contribution in [0, 0.1) is 0 Å². The summed E-state index contributed by atoms with van der Waals surface area (Å²) < 4.78 is 10.3. The van der Waals surface area contributed by atoms with E-state index >= 15 is 0 Å². The SMILES string of the molecule is CCCC(OC)c1noc(C(N)CCO)n1. The van der Waals surface area contributed by atoms with Crippen molar-refractivity contribution in [2.24, 2.45) is 5.73 Å². The van der Waals surface area contributed by atoms with E-state index in [1.54, 1.807) is 7.11 Å². The van der Waals surface area contributed by atoms with Crippen molar-refractivity contribution >= 4 is 0 Å². The van der Waals surface area contributed by atoms with Gasteiger partial charge < -0.3 is 20.1 Å². The van der Waals surface area contributed by atoms with E-state index in [4.69, 9.17) is 20.1 Å². The highest BCUT2D eigenvalue weighted by Crippen LogP contribution is 2.20. The second kappa shape index (κ2) is 6.57. The lowest BCUT2D eigenvalue weighted by Gasteiger charge is -2.08. The van der Waals surface area contributed by atoms with Gasteiger partial charge >= 0.3 is 0 Å². The fourth-order valence-electron chi connectivity index (χ4n) is 1.41. The maximum atomic E-state index is 8.75. The molecule has 0 bridgehead atoms. The zero-order valence-corrected chi connectivity index (χ0v) is 9.72. The van der Waals surface area contributed by atoms with Gasteiger partial charge in [-0.05, 0) is 12.8 Å². The minimum atomic E-state index is -0.412. The largest absolute Gasteiger partial charge is 0.396 e. The van der Waals surface area contributed by atoms with Gasteiger partial charge in [0.2, 0.25) is 11.7 Å². The molecular formula is C10H19N3O3. The summed E-state index contributed by atoms with van der Waals surface area (Å²) in [6.07, 6.45) is 2.08. The van der Waals surface area contributed by atoms with Gasteiger partial charge in [0.05, 0.1) is 6.04 Å². The molecule has 0 aliphatic heterocycles. The molecule has 2 atom stereocenters. The predicted molar refractivity (Wildman–Crippen MR) is 57.6 cm³/mol. The third-order valence-corrected chi connectivity index (χ3v) is 2.34. The Morgan fingerprint density at radius 2 is 2.25 bits per heavy atom. The number of rotatable bonds is 7. The second-order valence-electron chi connectivity index (χ2n) is 3.62. The lowest BCUT2D eigenvalue weighted by molar-refractivity contribution is 0.0854. The van der Waals surface area contributed by atoms with E-state index in [0.29, 0.717) is 18.1 Å². The average molecular weight is 229 g/mol. The van der Waals surface area contributed by atoms with Crippen molar-refractivity contribution in [3.05, 3.63) is 11.7 Å². The normalized spacial score (nSPS) is 15.0. The first-order chi connectivity index (χ1) is 7.72. The quantitative estimate of drug-likeness (QED) is 0.722. The van der Waals surface area contributed by atoms with Crippen LogP contribution >= 0.6 is 0 Å². The first-order valence-corrected chi connectivity index (χ1v) is 5.45. The third kappa shape index (κ3) is 3.26. The average Bonchev–Trinajstić information content (AvgIpc) is 2.75. The smallest absolute Gasteiger partial charge is 0.243 e. The molecule has 3 N–H and O–H groups in total. The minimum Gasteiger partial charge on any atom is -0.396 e. The molecule has 6 heteroatoms. The van der Waals surface area contributed by atoms with E-state index in [2.05, 4.69) is 17.1 Å². The summed E-state index contributed by atoms with van der Waals surface area (Å²) in [5, 5.41) is 12.6. The molecule has 6 nitrogen and oxygen atoms in total. The first-order valence-electron chi connectivity index (χ1n) is 5.45. The van der Waals surface area contributed by atoms with Crippen LogP contribution in [0.4, 0.5) is 0 Å². The molecular weight excluding hydrogens is 210 g/mol. The molecule has 0 saturated heterocycles. The van der Waals surface area contributed by atoms with Crippen LogP contribution in [0.5, 0.6) is 0 Å².